The molecule has 2 rings (SSSR count). The van der Waals surface area contributed by atoms with E-state index >= 15 is 0 Å². The Balaban J connectivity index is 2.58. The predicted octanol–water partition coefficient (Wildman–Crippen LogP) is 2.56. The Morgan fingerprint density at radius 2 is 2.00 bits per heavy atom. The Morgan fingerprint density at radius 1 is 1.33 bits per heavy atom. The number of carbonyl (C=O) groups is 1. The highest BCUT2D eigenvalue weighted by Crippen LogP contribution is 2.13. The molecule has 0 fully saturated rings. The summed E-state index contributed by atoms with van der Waals surface area (Å²) >= 11 is 5.47. The third kappa shape index (κ3) is 1.92. The van der Waals surface area contributed by atoms with Crippen LogP contribution in [0.2, 0.25) is 0 Å². The molecule has 3 nitrogen and oxygen atoms in total. The predicted molar refractivity (Wildman–Crippen MR) is 58.5 cm³/mol. The van der Waals surface area contributed by atoms with Gasteiger partial charge in [0.05, 0.1) is 11.4 Å². The van der Waals surface area contributed by atoms with Gasteiger partial charge in [0.25, 0.3) is 5.24 Å². The van der Waals surface area contributed by atoms with Gasteiger partial charge in [0.1, 0.15) is 5.69 Å². The van der Waals surface area contributed by atoms with Crippen LogP contribution >= 0.6 is 11.6 Å². The van der Waals surface area contributed by atoms with Crippen LogP contribution < -0.4 is 0 Å². The van der Waals surface area contributed by atoms with Crippen LogP contribution in [0.3, 0.4) is 0 Å². The van der Waals surface area contributed by atoms with Crippen molar-refractivity contribution in [3.05, 3.63) is 47.8 Å². The normalized spacial score (nSPS) is 10.3. The average molecular weight is 221 g/mol. The van der Waals surface area contributed by atoms with E-state index in [0.717, 1.165) is 11.4 Å². The molecule has 1 aromatic heterocycles. The second-order valence-corrected chi connectivity index (χ2v) is 3.54. The fourth-order valence-electron chi connectivity index (χ4n) is 1.41. The average Bonchev–Trinajstić information content (AvgIpc) is 2.62. The van der Waals surface area contributed by atoms with Crippen molar-refractivity contribution in [1.29, 1.82) is 0 Å². The van der Waals surface area contributed by atoms with Gasteiger partial charge in [0.15, 0.2) is 0 Å². The molecule has 1 heterocycles. The minimum absolute atomic E-state index is 0.389. The van der Waals surface area contributed by atoms with Gasteiger partial charge in [-0.3, -0.25) is 4.79 Å². The highest BCUT2D eigenvalue weighted by Gasteiger charge is 2.12. The minimum atomic E-state index is -0.501. The van der Waals surface area contributed by atoms with Crippen molar-refractivity contribution < 1.29 is 4.79 Å². The lowest BCUT2D eigenvalue weighted by Gasteiger charge is -2.03. The summed E-state index contributed by atoms with van der Waals surface area (Å²) in [6.45, 7) is 1.82. The standard InChI is InChI=1S/C11H9ClN2O/c1-8-7-10(11(12)15)14(13-8)9-5-3-2-4-6-9/h2-7H,1H3. The molecular weight excluding hydrogens is 212 g/mol. The van der Waals surface area contributed by atoms with Crippen molar-refractivity contribution in [3.8, 4) is 5.69 Å². The highest BCUT2D eigenvalue weighted by atomic mass is 35.5. The van der Waals surface area contributed by atoms with Gasteiger partial charge in [0.2, 0.25) is 0 Å². The molecule has 0 amide bonds. The maximum absolute atomic E-state index is 11.2. The molecule has 15 heavy (non-hydrogen) atoms. The monoisotopic (exact) mass is 220 g/mol. The quantitative estimate of drug-likeness (QED) is 0.729. The van der Waals surface area contributed by atoms with E-state index in [1.165, 1.54) is 0 Å². The number of nitrogens with zero attached hydrogens (tertiary/aromatic N) is 2. The van der Waals surface area contributed by atoms with Crippen LogP contribution in [0.15, 0.2) is 36.4 Å². The SMILES string of the molecule is Cc1cc(C(=O)Cl)n(-c2ccccc2)n1. The number of hydrogen-bond donors (Lipinski definition) is 0. The number of benzene rings is 1. The number of hydrogen-bond acceptors (Lipinski definition) is 2. The van der Waals surface area contributed by atoms with Crippen LogP contribution in [0.25, 0.3) is 5.69 Å². The van der Waals surface area contributed by atoms with Crippen LogP contribution in [-0.2, 0) is 0 Å². The molecule has 0 aliphatic rings. The molecule has 0 saturated heterocycles. The van der Waals surface area contributed by atoms with Gasteiger partial charge in [-0.1, -0.05) is 18.2 Å². The van der Waals surface area contributed by atoms with Gasteiger partial charge >= 0.3 is 0 Å². The second-order valence-electron chi connectivity index (χ2n) is 3.19. The van der Waals surface area contributed by atoms with Crippen molar-refractivity contribution >= 4 is 16.8 Å². The van der Waals surface area contributed by atoms with E-state index in [-0.39, 0.29) is 0 Å². The first-order valence-corrected chi connectivity index (χ1v) is 4.88. The minimum Gasteiger partial charge on any atom is -0.274 e. The summed E-state index contributed by atoms with van der Waals surface area (Å²) in [6.07, 6.45) is 0. The lowest BCUT2D eigenvalue weighted by molar-refractivity contribution is 0.107. The van der Waals surface area contributed by atoms with E-state index in [9.17, 15) is 4.79 Å². The molecule has 1 aromatic carbocycles. The highest BCUT2D eigenvalue weighted by molar-refractivity contribution is 6.67. The first kappa shape index (κ1) is 9.93. The summed E-state index contributed by atoms with van der Waals surface area (Å²) in [5, 5.41) is 3.71. The lowest BCUT2D eigenvalue weighted by Crippen LogP contribution is -2.04. The maximum atomic E-state index is 11.2. The fourth-order valence-corrected chi connectivity index (χ4v) is 1.54. The molecule has 0 atom stereocenters. The van der Waals surface area contributed by atoms with E-state index in [1.807, 2.05) is 37.3 Å². The topological polar surface area (TPSA) is 34.9 Å². The molecule has 0 aliphatic carbocycles. The number of halogens is 1. The smallest absolute Gasteiger partial charge is 0.270 e. The number of rotatable bonds is 2. The number of carbonyl (C=O) groups excluding carboxylic acids is 1. The molecule has 0 aliphatic heterocycles. The molecule has 0 saturated carbocycles. The maximum Gasteiger partial charge on any atom is 0.270 e. The Bertz CT molecular complexity index is 491. The third-order valence-corrected chi connectivity index (χ3v) is 2.23. The summed E-state index contributed by atoms with van der Waals surface area (Å²) in [5.41, 5.74) is 1.98. The number of para-hydroxylation sites is 1. The van der Waals surface area contributed by atoms with Crippen LogP contribution in [0.4, 0.5) is 0 Å². The zero-order valence-corrected chi connectivity index (χ0v) is 8.90. The van der Waals surface area contributed by atoms with Crippen molar-refractivity contribution in [2.24, 2.45) is 0 Å². The van der Waals surface area contributed by atoms with Crippen LogP contribution in [-0.4, -0.2) is 15.0 Å². The number of aromatic nitrogens is 2. The van der Waals surface area contributed by atoms with Gasteiger partial charge in [-0.2, -0.15) is 5.10 Å². The van der Waals surface area contributed by atoms with Crippen molar-refractivity contribution in [1.82, 2.24) is 9.78 Å². The summed E-state index contributed by atoms with van der Waals surface area (Å²) in [7, 11) is 0. The Kier molecular flexibility index (Phi) is 2.56. The van der Waals surface area contributed by atoms with E-state index in [1.54, 1.807) is 10.7 Å². The van der Waals surface area contributed by atoms with Crippen LogP contribution in [0.1, 0.15) is 16.2 Å². The van der Waals surface area contributed by atoms with E-state index in [0.29, 0.717) is 5.69 Å². The fraction of sp³-hybridized carbons (Fsp3) is 0.0909. The molecule has 0 unspecified atom stereocenters. The largest absolute Gasteiger partial charge is 0.274 e. The molecule has 4 heteroatoms. The third-order valence-electron chi connectivity index (χ3n) is 2.03. The summed E-state index contributed by atoms with van der Waals surface area (Å²) < 4.78 is 1.55. The van der Waals surface area contributed by atoms with Crippen LogP contribution in [0.5, 0.6) is 0 Å². The summed E-state index contributed by atoms with van der Waals surface area (Å²) in [4.78, 5) is 11.2. The molecule has 0 radical (unpaired) electrons. The van der Waals surface area contributed by atoms with Gasteiger partial charge in [0, 0.05) is 0 Å². The van der Waals surface area contributed by atoms with Gasteiger partial charge < -0.3 is 0 Å². The Labute approximate surface area is 92.3 Å². The first-order chi connectivity index (χ1) is 7.18. The van der Waals surface area contributed by atoms with E-state index in [4.69, 9.17) is 11.6 Å². The van der Waals surface area contributed by atoms with Gasteiger partial charge in [-0.05, 0) is 36.7 Å². The molecule has 2 aromatic rings. The van der Waals surface area contributed by atoms with Crippen molar-refractivity contribution in [2.75, 3.05) is 0 Å². The van der Waals surface area contributed by atoms with Gasteiger partial charge in [-0.25, -0.2) is 4.68 Å². The molecule has 0 N–H and O–H groups in total. The molecular formula is C11H9ClN2O. The summed E-state index contributed by atoms with van der Waals surface area (Å²) in [6, 6.07) is 11.1. The lowest BCUT2D eigenvalue weighted by atomic mass is 10.3. The van der Waals surface area contributed by atoms with E-state index < -0.39 is 5.24 Å². The molecule has 0 spiro atoms. The Morgan fingerprint density at radius 3 is 2.60 bits per heavy atom. The zero-order valence-electron chi connectivity index (χ0n) is 8.14. The van der Waals surface area contributed by atoms with Crippen LogP contribution in [0, 0.1) is 6.92 Å². The molecule has 0 bridgehead atoms. The van der Waals surface area contributed by atoms with E-state index in [2.05, 4.69) is 5.10 Å². The molecule has 76 valence electrons. The van der Waals surface area contributed by atoms with Crippen molar-refractivity contribution in [3.63, 3.8) is 0 Å². The van der Waals surface area contributed by atoms with Crippen molar-refractivity contribution in [2.45, 2.75) is 6.92 Å². The number of aryl methyl sites for hydroxylation is 1. The first-order valence-electron chi connectivity index (χ1n) is 4.50. The zero-order chi connectivity index (χ0) is 10.8. The Hall–Kier alpha value is -1.61. The second kappa shape index (κ2) is 3.87. The van der Waals surface area contributed by atoms with Gasteiger partial charge in [-0.15, -0.1) is 0 Å². The summed E-state index contributed by atoms with van der Waals surface area (Å²) in [5.74, 6) is 0.